The zero-order chi connectivity index (χ0) is 14.0. The topological polar surface area (TPSA) is 65.8 Å². The van der Waals surface area contributed by atoms with Crippen molar-refractivity contribution in [1.82, 2.24) is 14.3 Å². The van der Waals surface area contributed by atoms with E-state index in [1.807, 2.05) is 26.2 Å². The van der Waals surface area contributed by atoms with Crippen LogP contribution in [0.25, 0.3) is 0 Å². The van der Waals surface area contributed by atoms with Crippen molar-refractivity contribution in [2.45, 2.75) is 19.9 Å². The number of aryl methyl sites for hydroxylation is 3. The zero-order valence-corrected chi connectivity index (χ0v) is 11.8. The molecule has 0 aliphatic carbocycles. The minimum atomic E-state index is -0.128. The zero-order valence-electron chi connectivity index (χ0n) is 11.0. The molecule has 0 radical (unpaired) electrons. The summed E-state index contributed by atoms with van der Waals surface area (Å²) in [5.74, 6) is 0. The molecule has 0 fully saturated rings. The van der Waals surface area contributed by atoms with Crippen LogP contribution in [0, 0.1) is 6.92 Å². The highest BCUT2D eigenvalue weighted by atomic mass is 32.1. The molecule has 0 bridgehead atoms. The third-order valence-corrected chi connectivity index (χ3v) is 3.26. The molecule has 2 N–H and O–H groups in total. The van der Waals surface area contributed by atoms with Gasteiger partial charge in [-0.3, -0.25) is 9.48 Å². The second-order valence-corrected chi connectivity index (χ2v) is 4.92. The van der Waals surface area contributed by atoms with Gasteiger partial charge in [0, 0.05) is 25.5 Å². The molecular weight excluding hydrogens is 260 g/mol. The molecule has 0 atom stereocenters. The Labute approximate surface area is 116 Å². The third kappa shape index (κ3) is 2.90. The van der Waals surface area contributed by atoms with Gasteiger partial charge in [-0.15, -0.1) is 0 Å². The van der Waals surface area contributed by atoms with E-state index in [-0.39, 0.29) is 10.5 Å². The maximum Gasteiger partial charge on any atom is 0.260 e. The molecular formula is C13H16N4OS. The predicted octanol–water partition coefficient (Wildman–Crippen LogP) is 0.767. The molecule has 0 saturated heterocycles. The summed E-state index contributed by atoms with van der Waals surface area (Å²) in [6.07, 6.45) is 4.49. The Balaban J connectivity index is 2.27. The summed E-state index contributed by atoms with van der Waals surface area (Å²) in [6.45, 7) is 2.49. The Kier molecular flexibility index (Phi) is 3.80. The van der Waals surface area contributed by atoms with Gasteiger partial charge in [-0.2, -0.15) is 5.10 Å². The molecule has 0 saturated carbocycles. The Morgan fingerprint density at radius 3 is 2.79 bits per heavy atom. The molecule has 2 rings (SSSR count). The number of nitrogens with two attached hydrogens (primary N) is 1. The van der Waals surface area contributed by atoms with Gasteiger partial charge in [-0.25, -0.2) is 0 Å². The minimum Gasteiger partial charge on any atom is -0.389 e. The largest absolute Gasteiger partial charge is 0.389 e. The number of aromatic nitrogens is 3. The molecule has 0 unspecified atom stereocenters. The molecule has 0 aliphatic heterocycles. The molecule has 2 aromatic rings. The fourth-order valence-electron chi connectivity index (χ4n) is 1.98. The molecule has 100 valence electrons. The lowest BCUT2D eigenvalue weighted by Crippen LogP contribution is -2.30. The van der Waals surface area contributed by atoms with Crippen molar-refractivity contribution in [3.8, 4) is 0 Å². The van der Waals surface area contributed by atoms with Crippen LogP contribution in [0.3, 0.4) is 0 Å². The van der Waals surface area contributed by atoms with E-state index in [1.165, 1.54) is 0 Å². The molecule has 5 nitrogen and oxygen atoms in total. The first-order valence-corrected chi connectivity index (χ1v) is 6.37. The Hall–Kier alpha value is -1.95. The number of nitrogens with zero attached hydrogens (tertiary/aromatic N) is 3. The van der Waals surface area contributed by atoms with Gasteiger partial charge in [-0.05, 0) is 31.0 Å². The van der Waals surface area contributed by atoms with Crippen molar-refractivity contribution in [2.24, 2.45) is 12.8 Å². The van der Waals surface area contributed by atoms with Crippen molar-refractivity contribution < 1.29 is 0 Å². The third-order valence-electron chi connectivity index (χ3n) is 3.04. The lowest BCUT2D eigenvalue weighted by atomic mass is 10.2. The van der Waals surface area contributed by atoms with E-state index >= 15 is 0 Å². The smallest absolute Gasteiger partial charge is 0.260 e. The van der Waals surface area contributed by atoms with Crippen LogP contribution < -0.4 is 11.3 Å². The van der Waals surface area contributed by atoms with Crippen LogP contribution in [0.5, 0.6) is 0 Å². The number of hydrogen-bond donors (Lipinski definition) is 1. The highest BCUT2D eigenvalue weighted by molar-refractivity contribution is 7.80. The Bertz CT molecular complexity index is 672. The van der Waals surface area contributed by atoms with E-state index < -0.39 is 0 Å². The second kappa shape index (κ2) is 5.36. The van der Waals surface area contributed by atoms with Gasteiger partial charge in [0.1, 0.15) is 4.99 Å². The molecule has 2 aromatic heterocycles. The highest BCUT2D eigenvalue weighted by Crippen LogP contribution is 2.03. The summed E-state index contributed by atoms with van der Waals surface area (Å²) < 4.78 is 3.44. The summed E-state index contributed by atoms with van der Waals surface area (Å²) >= 11 is 4.88. The van der Waals surface area contributed by atoms with Crippen LogP contribution >= 0.6 is 12.2 Å². The average molecular weight is 276 g/mol. The number of rotatable bonds is 4. The van der Waals surface area contributed by atoms with E-state index in [9.17, 15) is 4.79 Å². The van der Waals surface area contributed by atoms with Crippen LogP contribution in [0.1, 0.15) is 16.8 Å². The summed E-state index contributed by atoms with van der Waals surface area (Å²) in [4.78, 5) is 12.4. The first kappa shape index (κ1) is 13.5. The van der Waals surface area contributed by atoms with Crippen molar-refractivity contribution in [3.05, 3.63) is 51.7 Å². The van der Waals surface area contributed by atoms with Gasteiger partial charge in [0.05, 0.1) is 11.8 Å². The summed E-state index contributed by atoms with van der Waals surface area (Å²) in [6, 6.07) is 3.54. The highest BCUT2D eigenvalue weighted by Gasteiger charge is 2.08. The van der Waals surface area contributed by atoms with E-state index in [0.717, 1.165) is 17.7 Å². The van der Waals surface area contributed by atoms with Crippen LogP contribution in [0.4, 0.5) is 0 Å². The first-order valence-electron chi connectivity index (χ1n) is 5.97. The van der Waals surface area contributed by atoms with Gasteiger partial charge >= 0.3 is 0 Å². The lowest BCUT2D eigenvalue weighted by Gasteiger charge is -2.10. The van der Waals surface area contributed by atoms with Gasteiger partial charge in [0.25, 0.3) is 5.56 Å². The van der Waals surface area contributed by atoms with Gasteiger partial charge < -0.3 is 10.3 Å². The summed E-state index contributed by atoms with van der Waals surface area (Å²) in [5, 5.41) is 4.11. The molecule has 19 heavy (non-hydrogen) atoms. The molecule has 0 spiro atoms. The normalized spacial score (nSPS) is 10.6. The van der Waals surface area contributed by atoms with Crippen LogP contribution in [0.15, 0.2) is 29.3 Å². The Morgan fingerprint density at radius 1 is 1.47 bits per heavy atom. The molecule has 6 heteroatoms. The molecule has 0 amide bonds. The first-order chi connectivity index (χ1) is 8.99. The van der Waals surface area contributed by atoms with Gasteiger partial charge in [0.2, 0.25) is 0 Å². The molecule has 0 aliphatic rings. The fourth-order valence-corrected chi connectivity index (χ4v) is 2.13. The van der Waals surface area contributed by atoms with Crippen LogP contribution in [-0.2, 0) is 20.0 Å². The average Bonchev–Trinajstić information content (AvgIpc) is 2.74. The number of thiocarbonyl (C=S) groups is 1. The standard InChI is InChI=1S/C13H16N4OS/c1-9-3-4-11(12(14)19)13(18)17(9)6-5-10-7-15-16(2)8-10/h3-4,7-8H,5-6H2,1-2H3,(H2,14,19). The van der Waals surface area contributed by atoms with Crippen molar-refractivity contribution >= 4 is 17.2 Å². The van der Waals surface area contributed by atoms with Gasteiger partial charge in [0.15, 0.2) is 0 Å². The predicted molar refractivity (Wildman–Crippen MR) is 78.2 cm³/mol. The van der Waals surface area contributed by atoms with Crippen molar-refractivity contribution in [1.29, 1.82) is 0 Å². The lowest BCUT2D eigenvalue weighted by molar-refractivity contribution is 0.648. The number of hydrogen-bond acceptors (Lipinski definition) is 3. The van der Waals surface area contributed by atoms with Crippen molar-refractivity contribution in [3.63, 3.8) is 0 Å². The fraction of sp³-hybridized carbons (Fsp3) is 0.308. The maximum absolute atomic E-state index is 12.2. The minimum absolute atomic E-state index is 0.128. The quantitative estimate of drug-likeness (QED) is 0.838. The summed E-state index contributed by atoms with van der Waals surface area (Å²) in [5.41, 5.74) is 7.81. The maximum atomic E-state index is 12.2. The van der Waals surface area contributed by atoms with Crippen molar-refractivity contribution in [2.75, 3.05) is 0 Å². The molecule has 0 aromatic carbocycles. The van der Waals surface area contributed by atoms with Crippen LogP contribution in [0.2, 0.25) is 0 Å². The van der Waals surface area contributed by atoms with E-state index in [4.69, 9.17) is 18.0 Å². The van der Waals surface area contributed by atoms with Crippen LogP contribution in [-0.4, -0.2) is 19.3 Å². The number of pyridine rings is 1. The second-order valence-electron chi connectivity index (χ2n) is 4.48. The molecule has 2 heterocycles. The SMILES string of the molecule is Cc1ccc(C(N)=S)c(=O)n1CCc1cnn(C)c1. The van der Waals surface area contributed by atoms with Gasteiger partial charge in [-0.1, -0.05) is 12.2 Å². The monoisotopic (exact) mass is 276 g/mol. The Morgan fingerprint density at radius 2 is 2.21 bits per heavy atom. The summed E-state index contributed by atoms with van der Waals surface area (Å²) in [7, 11) is 1.87. The van der Waals surface area contributed by atoms with E-state index in [2.05, 4.69) is 5.10 Å². The van der Waals surface area contributed by atoms with E-state index in [1.54, 1.807) is 21.5 Å². The van der Waals surface area contributed by atoms with E-state index in [0.29, 0.717) is 12.1 Å².